The minimum absolute atomic E-state index is 0.288. The summed E-state index contributed by atoms with van der Waals surface area (Å²) in [6, 6.07) is 1.86. The number of nitrogens with one attached hydrogen (secondary N) is 1. The molecule has 1 N–H and O–H groups in total. The predicted molar refractivity (Wildman–Crippen MR) is 62.0 cm³/mol. The molecular formula is C12H16N2O3. The molecular weight excluding hydrogens is 220 g/mol. The van der Waals surface area contributed by atoms with Crippen LogP contribution in [0, 0.1) is 11.8 Å². The van der Waals surface area contributed by atoms with Gasteiger partial charge < -0.3 is 14.6 Å². The van der Waals surface area contributed by atoms with Crippen LogP contribution in [0.3, 0.4) is 0 Å². The van der Waals surface area contributed by atoms with Crippen molar-refractivity contribution in [1.29, 1.82) is 0 Å². The number of ether oxygens (including phenoxy) is 1. The first kappa shape index (κ1) is 13.3. The molecule has 0 saturated carbocycles. The lowest BCUT2D eigenvalue weighted by atomic mass is 10.3. The maximum absolute atomic E-state index is 10.9. The Kier molecular flexibility index (Phi) is 5.83. The Balaban J connectivity index is 2.11. The van der Waals surface area contributed by atoms with Gasteiger partial charge in [0.2, 0.25) is 0 Å². The summed E-state index contributed by atoms with van der Waals surface area (Å²) in [5, 5.41) is 6.45. The van der Waals surface area contributed by atoms with E-state index in [-0.39, 0.29) is 5.91 Å². The summed E-state index contributed by atoms with van der Waals surface area (Å²) in [5.41, 5.74) is 0.912. The Morgan fingerprint density at radius 3 is 3.12 bits per heavy atom. The third-order valence-electron chi connectivity index (χ3n) is 1.98. The van der Waals surface area contributed by atoms with Gasteiger partial charge in [-0.05, 0) is 19.3 Å². The van der Waals surface area contributed by atoms with Crippen molar-refractivity contribution in [2.24, 2.45) is 0 Å². The number of hydrogen-bond donors (Lipinski definition) is 1. The lowest BCUT2D eigenvalue weighted by Crippen LogP contribution is -2.25. The molecule has 17 heavy (non-hydrogen) atoms. The number of nitrogens with zero attached hydrogens (tertiary/aromatic N) is 1. The highest BCUT2D eigenvalue weighted by Crippen LogP contribution is 2.05. The Labute approximate surface area is 101 Å². The van der Waals surface area contributed by atoms with Gasteiger partial charge in [0.05, 0.1) is 12.3 Å². The summed E-state index contributed by atoms with van der Waals surface area (Å²) in [6.45, 7) is 4.84. The average Bonchev–Trinajstić information content (AvgIpc) is 2.77. The number of hydrogen-bond acceptors (Lipinski definition) is 4. The first-order valence-corrected chi connectivity index (χ1v) is 5.49. The number of carbonyl (C=O) groups is 1. The minimum Gasteiger partial charge on any atom is -0.372 e. The first-order chi connectivity index (χ1) is 8.26. The number of carbonyl (C=O) groups excluding carboxylic acids is 1. The molecule has 1 rings (SSSR count). The Hall–Kier alpha value is -1.80. The molecule has 1 aromatic heterocycles. The zero-order valence-electron chi connectivity index (χ0n) is 10.1. The van der Waals surface area contributed by atoms with Crippen molar-refractivity contribution in [3.63, 3.8) is 0 Å². The second kappa shape index (κ2) is 7.47. The normalized spacial score (nSPS) is 9.53. The van der Waals surface area contributed by atoms with Crippen LogP contribution in [0.2, 0.25) is 0 Å². The number of aromatic nitrogens is 1. The molecule has 0 radical (unpaired) electrons. The summed E-state index contributed by atoms with van der Waals surface area (Å²) in [6.07, 6.45) is 0.843. The second-order valence-corrected chi connectivity index (χ2v) is 3.32. The molecule has 92 valence electrons. The van der Waals surface area contributed by atoms with Crippen molar-refractivity contribution >= 4 is 5.91 Å². The first-order valence-electron chi connectivity index (χ1n) is 5.49. The summed E-state index contributed by atoms with van der Waals surface area (Å²) in [7, 11) is 0. The van der Waals surface area contributed by atoms with E-state index in [4.69, 9.17) is 9.26 Å². The fourth-order valence-electron chi connectivity index (χ4n) is 1.16. The van der Waals surface area contributed by atoms with Gasteiger partial charge in [-0.1, -0.05) is 18.0 Å². The van der Waals surface area contributed by atoms with Gasteiger partial charge in [0.1, 0.15) is 6.61 Å². The Bertz CT molecular complexity index is 415. The molecule has 0 aromatic carbocycles. The lowest BCUT2D eigenvalue weighted by Gasteiger charge is -2.01. The van der Waals surface area contributed by atoms with Gasteiger partial charge in [-0.2, -0.15) is 0 Å². The molecule has 0 unspecified atom stereocenters. The molecule has 0 aliphatic heterocycles. The van der Waals surface area contributed by atoms with Crippen molar-refractivity contribution in [3.8, 4) is 11.8 Å². The van der Waals surface area contributed by atoms with Crippen LogP contribution >= 0.6 is 0 Å². The molecule has 0 atom stereocenters. The largest absolute Gasteiger partial charge is 0.372 e. The molecule has 1 amide bonds. The molecule has 0 aliphatic carbocycles. The van der Waals surface area contributed by atoms with Gasteiger partial charge in [0.15, 0.2) is 5.76 Å². The van der Waals surface area contributed by atoms with E-state index in [2.05, 4.69) is 22.3 Å². The molecule has 0 saturated heterocycles. The number of amides is 1. The topological polar surface area (TPSA) is 64.4 Å². The Morgan fingerprint density at radius 2 is 2.47 bits per heavy atom. The van der Waals surface area contributed by atoms with Crippen LogP contribution in [-0.4, -0.2) is 24.2 Å². The quantitative estimate of drug-likeness (QED) is 0.588. The maximum Gasteiger partial charge on any atom is 0.295 e. The van der Waals surface area contributed by atoms with E-state index in [9.17, 15) is 4.79 Å². The lowest BCUT2D eigenvalue weighted by molar-refractivity contribution is -0.115. The van der Waals surface area contributed by atoms with E-state index in [1.54, 1.807) is 6.92 Å². The zero-order valence-corrected chi connectivity index (χ0v) is 10.1. The van der Waals surface area contributed by atoms with Gasteiger partial charge in [-0.15, -0.1) is 0 Å². The van der Waals surface area contributed by atoms with E-state index in [0.29, 0.717) is 25.5 Å². The van der Waals surface area contributed by atoms with Crippen LogP contribution in [0.25, 0.3) is 0 Å². The van der Waals surface area contributed by atoms with E-state index in [0.717, 1.165) is 12.1 Å². The fourth-order valence-corrected chi connectivity index (χ4v) is 1.16. The van der Waals surface area contributed by atoms with Crippen molar-refractivity contribution in [1.82, 2.24) is 10.5 Å². The third kappa shape index (κ3) is 5.18. The molecule has 0 fully saturated rings. The van der Waals surface area contributed by atoms with Crippen LogP contribution in [0.5, 0.6) is 0 Å². The molecule has 0 aliphatic rings. The van der Waals surface area contributed by atoms with Crippen LogP contribution < -0.4 is 5.32 Å². The van der Waals surface area contributed by atoms with Crippen molar-refractivity contribution in [2.75, 3.05) is 13.2 Å². The van der Waals surface area contributed by atoms with Crippen LogP contribution in [0.1, 0.15) is 25.3 Å². The molecule has 5 nitrogen and oxygen atoms in total. The highest BCUT2D eigenvalue weighted by molar-refractivity contribution is 5.93. The fraction of sp³-hybridized carbons (Fsp3) is 0.500. The predicted octanol–water partition coefficient (Wildman–Crippen LogP) is 0.893. The number of aryl methyl sites for hydroxylation is 1. The standard InChI is InChI=1S/C12H16N2O3/c1-3-5-12(15)13-6-7-16-9-11-8-10(4-2)14-17-11/h8H,4,6-7,9H2,1-2H3,(H,13,15). The van der Waals surface area contributed by atoms with Gasteiger partial charge in [-0.3, -0.25) is 4.79 Å². The van der Waals surface area contributed by atoms with Crippen molar-refractivity contribution in [3.05, 3.63) is 17.5 Å². The van der Waals surface area contributed by atoms with E-state index in [1.807, 2.05) is 13.0 Å². The van der Waals surface area contributed by atoms with Crippen molar-refractivity contribution < 1.29 is 14.1 Å². The van der Waals surface area contributed by atoms with E-state index in [1.165, 1.54) is 0 Å². The third-order valence-corrected chi connectivity index (χ3v) is 1.98. The molecule has 1 heterocycles. The second-order valence-electron chi connectivity index (χ2n) is 3.32. The van der Waals surface area contributed by atoms with E-state index >= 15 is 0 Å². The molecule has 0 bridgehead atoms. The van der Waals surface area contributed by atoms with Gasteiger partial charge in [0.25, 0.3) is 5.91 Å². The SMILES string of the molecule is CC#CC(=O)NCCOCc1cc(CC)no1. The zero-order chi connectivity index (χ0) is 12.5. The average molecular weight is 236 g/mol. The Morgan fingerprint density at radius 1 is 1.65 bits per heavy atom. The maximum atomic E-state index is 10.9. The molecule has 1 aromatic rings. The smallest absolute Gasteiger partial charge is 0.295 e. The van der Waals surface area contributed by atoms with Gasteiger partial charge in [0, 0.05) is 12.6 Å². The molecule has 0 spiro atoms. The highest BCUT2D eigenvalue weighted by Gasteiger charge is 2.02. The summed E-state index contributed by atoms with van der Waals surface area (Å²) >= 11 is 0. The van der Waals surface area contributed by atoms with Crippen LogP contribution in [0.15, 0.2) is 10.6 Å². The van der Waals surface area contributed by atoms with Crippen LogP contribution in [0.4, 0.5) is 0 Å². The number of rotatable bonds is 6. The summed E-state index contributed by atoms with van der Waals surface area (Å²) in [5.74, 6) is 5.31. The minimum atomic E-state index is -0.288. The summed E-state index contributed by atoms with van der Waals surface area (Å²) < 4.78 is 10.3. The summed E-state index contributed by atoms with van der Waals surface area (Å²) in [4.78, 5) is 10.9. The van der Waals surface area contributed by atoms with Crippen molar-refractivity contribution in [2.45, 2.75) is 26.9 Å². The van der Waals surface area contributed by atoms with Gasteiger partial charge in [-0.25, -0.2) is 0 Å². The van der Waals surface area contributed by atoms with Gasteiger partial charge >= 0.3 is 0 Å². The molecule has 5 heteroatoms. The monoisotopic (exact) mass is 236 g/mol. The van der Waals surface area contributed by atoms with E-state index < -0.39 is 0 Å². The van der Waals surface area contributed by atoms with Crippen LogP contribution in [-0.2, 0) is 22.6 Å². The highest BCUT2D eigenvalue weighted by atomic mass is 16.5.